The van der Waals surface area contributed by atoms with E-state index in [0.29, 0.717) is 43.8 Å². The molecular formula is C27H30N4O4. The van der Waals surface area contributed by atoms with E-state index in [2.05, 4.69) is 0 Å². The second kappa shape index (κ2) is 11.0. The standard InChI is InChI=1S/C27H30N4O4/c1-3-35-27(34)21-14-16-30(17-15-21)24(32)19-29(2)26(33)23-18-31(22-12-8-5-9-13-22)28-25(23)20-10-6-4-7-11-20/h4-13,18,21H,3,14-17,19H2,1-2H3. The van der Waals surface area contributed by atoms with Gasteiger partial charge in [-0.3, -0.25) is 14.4 Å². The number of nitrogens with zero attached hydrogens (tertiary/aromatic N) is 4. The number of benzene rings is 2. The fourth-order valence-corrected chi connectivity index (χ4v) is 4.26. The molecule has 2 aromatic carbocycles. The molecule has 0 radical (unpaired) electrons. The van der Waals surface area contributed by atoms with Crippen LogP contribution in [0.1, 0.15) is 30.1 Å². The van der Waals surface area contributed by atoms with Crippen molar-refractivity contribution in [1.29, 1.82) is 0 Å². The highest BCUT2D eigenvalue weighted by Crippen LogP contribution is 2.25. The van der Waals surface area contributed by atoms with E-state index in [9.17, 15) is 14.4 Å². The third-order valence-electron chi connectivity index (χ3n) is 6.20. The molecule has 1 fully saturated rings. The molecule has 35 heavy (non-hydrogen) atoms. The maximum absolute atomic E-state index is 13.5. The van der Waals surface area contributed by atoms with Crippen molar-refractivity contribution in [2.75, 3.05) is 33.3 Å². The fraction of sp³-hybridized carbons (Fsp3) is 0.333. The first-order valence-electron chi connectivity index (χ1n) is 11.9. The zero-order valence-electron chi connectivity index (χ0n) is 20.1. The smallest absolute Gasteiger partial charge is 0.309 e. The van der Waals surface area contributed by atoms with Crippen molar-refractivity contribution in [1.82, 2.24) is 19.6 Å². The van der Waals surface area contributed by atoms with Crippen molar-refractivity contribution in [3.8, 4) is 16.9 Å². The van der Waals surface area contributed by atoms with Gasteiger partial charge >= 0.3 is 5.97 Å². The van der Waals surface area contributed by atoms with Crippen LogP contribution in [0.4, 0.5) is 0 Å². The lowest BCUT2D eigenvalue weighted by atomic mass is 9.97. The molecule has 0 atom stereocenters. The first-order valence-corrected chi connectivity index (χ1v) is 11.9. The highest BCUT2D eigenvalue weighted by atomic mass is 16.5. The van der Waals surface area contributed by atoms with Crippen LogP contribution in [0.2, 0.25) is 0 Å². The largest absolute Gasteiger partial charge is 0.466 e. The topological polar surface area (TPSA) is 84.7 Å². The van der Waals surface area contributed by atoms with Crippen LogP contribution in [-0.2, 0) is 14.3 Å². The summed E-state index contributed by atoms with van der Waals surface area (Å²) in [6.07, 6.45) is 2.86. The third kappa shape index (κ3) is 5.59. The van der Waals surface area contributed by atoms with Gasteiger partial charge in [-0.25, -0.2) is 4.68 Å². The van der Waals surface area contributed by atoms with E-state index in [-0.39, 0.29) is 30.2 Å². The summed E-state index contributed by atoms with van der Waals surface area (Å²) in [6, 6.07) is 19.1. The van der Waals surface area contributed by atoms with Gasteiger partial charge in [-0.2, -0.15) is 5.10 Å². The maximum Gasteiger partial charge on any atom is 0.309 e. The molecule has 8 heteroatoms. The van der Waals surface area contributed by atoms with Gasteiger partial charge in [0, 0.05) is 31.9 Å². The highest BCUT2D eigenvalue weighted by Gasteiger charge is 2.30. The Balaban J connectivity index is 1.48. The number of hydrogen-bond donors (Lipinski definition) is 0. The number of carbonyl (C=O) groups excluding carboxylic acids is 3. The van der Waals surface area contributed by atoms with Gasteiger partial charge in [-0.15, -0.1) is 0 Å². The lowest BCUT2D eigenvalue weighted by molar-refractivity contribution is -0.151. The van der Waals surface area contributed by atoms with Gasteiger partial charge < -0.3 is 14.5 Å². The van der Waals surface area contributed by atoms with E-state index in [1.54, 1.807) is 29.7 Å². The van der Waals surface area contributed by atoms with Gasteiger partial charge in [-0.1, -0.05) is 48.5 Å². The summed E-state index contributed by atoms with van der Waals surface area (Å²) in [6.45, 7) is 3.05. The van der Waals surface area contributed by atoms with Crippen LogP contribution in [0, 0.1) is 5.92 Å². The molecule has 0 N–H and O–H groups in total. The van der Waals surface area contributed by atoms with Crippen LogP contribution in [0.3, 0.4) is 0 Å². The number of amides is 2. The summed E-state index contributed by atoms with van der Waals surface area (Å²) >= 11 is 0. The van der Waals surface area contributed by atoms with Crippen LogP contribution >= 0.6 is 0 Å². The Kier molecular flexibility index (Phi) is 7.60. The summed E-state index contributed by atoms with van der Waals surface area (Å²) in [5, 5.41) is 4.69. The predicted molar refractivity (Wildman–Crippen MR) is 132 cm³/mol. The van der Waals surface area contributed by atoms with Crippen molar-refractivity contribution >= 4 is 17.8 Å². The van der Waals surface area contributed by atoms with Crippen molar-refractivity contribution in [2.24, 2.45) is 5.92 Å². The quantitative estimate of drug-likeness (QED) is 0.490. The minimum absolute atomic E-state index is 0.0480. The first kappa shape index (κ1) is 24.2. The normalized spacial score (nSPS) is 13.9. The van der Waals surface area contributed by atoms with E-state index < -0.39 is 0 Å². The lowest BCUT2D eigenvalue weighted by Crippen LogP contribution is -2.45. The molecule has 0 spiro atoms. The van der Waals surface area contributed by atoms with Gasteiger partial charge in [0.2, 0.25) is 5.91 Å². The molecule has 182 valence electrons. The number of piperidine rings is 1. The van der Waals surface area contributed by atoms with E-state index in [4.69, 9.17) is 9.84 Å². The fourth-order valence-electron chi connectivity index (χ4n) is 4.26. The number of para-hydroxylation sites is 1. The molecule has 3 aromatic rings. The number of rotatable bonds is 7. The molecule has 0 unspecified atom stereocenters. The number of likely N-dealkylation sites (tertiary alicyclic amines) is 1. The Morgan fingerprint density at radius 2 is 1.63 bits per heavy atom. The van der Waals surface area contributed by atoms with Crippen LogP contribution in [-0.4, -0.2) is 70.7 Å². The second-order valence-electron chi connectivity index (χ2n) is 8.61. The second-order valence-corrected chi connectivity index (χ2v) is 8.61. The zero-order valence-corrected chi connectivity index (χ0v) is 20.1. The van der Waals surface area contributed by atoms with Gasteiger partial charge in [0.1, 0.15) is 5.69 Å². The van der Waals surface area contributed by atoms with Gasteiger partial charge in [-0.05, 0) is 31.9 Å². The summed E-state index contributed by atoms with van der Waals surface area (Å²) in [7, 11) is 1.63. The molecule has 0 saturated carbocycles. The van der Waals surface area contributed by atoms with Crippen LogP contribution < -0.4 is 0 Å². The van der Waals surface area contributed by atoms with Crippen molar-refractivity contribution < 1.29 is 19.1 Å². The van der Waals surface area contributed by atoms with Gasteiger partial charge in [0.15, 0.2) is 0 Å². The van der Waals surface area contributed by atoms with Crippen LogP contribution in [0.25, 0.3) is 16.9 Å². The van der Waals surface area contributed by atoms with E-state index in [1.165, 1.54) is 4.90 Å². The minimum atomic E-state index is -0.277. The van der Waals surface area contributed by atoms with Crippen molar-refractivity contribution in [3.63, 3.8) is 0 Å². The first-order chi connectivity index (χ1) is 17.0. The summed E-state index contributed by atoms with van der Waals surface area (Å²) in [5.74, 6) is -0.785. The van der Waals surface area contributed by atoms with Crippen LogP contribution in [0.5, 0.6) is 0 Å². The molecule has 1 saturated heterocycles. The monoisotopic (exact) mass is 474 g/mol. The molecule has 8 nitrogen and oxygen atoms in total. The molecule has 0 aliphatic carbocycles. The highest BCUT2D eigenvalue weighted by molar-refractivity contribution is 6.01. The third-order valence-corrected chi connectivity index (χ3v) is 6.20. The van der Waals surface area contributed by atoms with Crippen molar-refractivity contribution in [2.45, 2.75) is 19.8 Å². The van der Waals surface area contributed by atoms with Gasteiger partial charge in [0.25, 0.3) is 5.91 Å². The lowest BCUT2D eigenvalue weighted by Gasteiger charge is -2.32. The number of esters is 1. The average Bonchev–Trinajstić information content (AvgIpc) is 3.35. The SMILES string of the molecule is CCOC(=O)C1CCN(C(=O)CN(C)C(=O)c2cn(-c3ccccc3)nc2-c2ccccc2)CC1. The van der Waals surface area contributed by atoms with E-state index in [1.807, 2.05) is 60.7 Å². The summed E-state index contributed by atoms with van der Waals surface area (Å²) in [5.41, 5.74) is 2.66. The molecule has 2 heterocycles. The number of hydrogen-bond acceptors (Lipinski definition) is 5. The summed E-state index contributed by atoms with van der Waals surface area (Å²) < 4.78 is 6.79. The Bertz CT molecular complexity index is 1170. The maximum atomic E-state index is 13.5. The zero-order chi connectivity index (χ0) is 24.8. The minimum Gasteiger partial charge on any atom is -0.466 e. The molecule has 1 aliphatic heterocycles. The molecule has 4 rings (SSSR count). The Morgan fingerprint density at radius 3 is 2.26 bits per heavy atom. The number of carbonyl (C=O) groups is 3. The number of aromatic nitrogens is 2. The Labute approximate surface area is 205 Å². The van der Waals surface area contributed by atoms with E-state index >= 15 is 0 Å². The van der Waals surface area contributed by atoms with Gasteiger partial charge in [0.05, 0.1) is 30.3 Å². The summed E-state index contributed by atoms with van der Waals surface area (Å²) in [4.78, 5) is 41.5. The molecule has 2 amide bonds. The number of ether oxygens (including phenoxy) is 1. The number of likely N-dealkylation sites (N-methyl/N-ethyl adjacent to an activating group) is 1. The van der Waals surface area contributed by atoms with E-state index in [0.717, 1.165) is 11.3 Å². The van der Waals surface area contributed by atoms with Crippen LogP contribution in [0.15, 0.2) is 66.9 Å². The molecule has 1 aromatic heterocycles. The Hall–Kier alpha value is -3.94. The predicted octanol–water partition coefficient (Wildman–Crippen LogP) is 3.41. The molecule has 0 bridgehead atoms. The molecular weight excluding hydrogens is 444 g/mol. The molecule has 1 aliphatic rings. The average molecular weight is 475 g/mol. The van der Waals surface area contributed by atoms with Crippen molar-refractivity contribution in [3.05, 3.63) is 72.4 Å². The Morgan fingerprint density at radius 1 is 1.00 bits per heavy atom.